The summed E-state index contributed by atoms with van der Waals surface area (Å²) < 4.78 is 11.2. The highest BCUT2D eigenvalue weighted by atomic mass is 16.5. The van der Waals surface area contributed by atoms with Gasteiger partial charge in [0.15, 0.2) is 0 Å². The molecule has 0 radical (unpaired) electrons. The van der Waals surface area contributed by atoms with Gasteiger partial charge in [0.2, 0.25) is 0 Å². The first kappa shape index (κ1) is 14.5. The minimum absolute atomic E-state index is 0.0109. The standard InChI is InChI=1S/C15H22N2O4/c1-3-11-8-17(12-9-20-13(18)10(12)2)14(19)15(21-11)4-6-16-7-5-15/h11,16H,3-9H2,1-2H3. The van der Waals surface area contributed by atoms with Crippen molar-refractivity contribution in [1.82, 2.24) is 10.2 Å². The highest BCUT2D eigenvalue weighted by Crippen LogP contribution is 2.35. The van der Waals surface area contributed by atoms with Gasteiger partial charge in [-0.1, -0.05) is 6.92 Å². The van der Waals surface area contributed by atoms with E-state index in [9.17, 15) is 9.59 Å². The number of esters is 1. The van der Waals surface area contributed by atoms with Crippen LogP contribution in [0, 0.1) is 0 Å². The fraction of sp³-hybridized carbons (Fsp3) is 0.733. The van der Waals surface area contributed by atoms with Crippen LogP contribution in [-0.2, 0) is 19.1 Å². The zero-order chi connectivity index (χ0) is 15.0. The van der Waals surface area contributed by atoms with Crippen LogP contribution in [0.15, 0.2) is 11.3 Å². The van der Waals surface area contributed by atoms with Crippen LogP contribution in [0.25, 0.3) is 0 Å². The van der Waals surface area contributed by atoms with E-state index in [-0.39, 0.29) is 24.6 Å². The third-order valence-electron chi connectivity index (χ3n) is 4.68. The molecule has 3 rings (SSSR count). The number of carbonyl (C=O) groups excluding carboxylic acids is 2. The maximum atomic E-state index is 13.0. The third-order valence-corrected chi connectivity index (χ3v) is 4.68. The van der Waals surface area contributed by atoms with Gasteiger partial charge in [0.25, 0.3) is 5.91 Å². The molecule has 3 aliphatic rings. The van der Waals surface area contributed by atoms with Crippen molar-refractivity contribution in [2.45, 2.75) is 44.8 Å². The molecule has 6 heteroatoms. The number of nitrogens with one attached hydrogen (secondary N) is 1. The van der Waals surface area contributed by atoms with Crippen LogP contribution in [0.2, 0.25) is 0 Å². The Labute approximate surface area is 124 Å². The first-order chi connectivity index (χ1) is 10.1. The lowest BCUT2D eigenvalue weighted by Gasteiger charge is -2.47. The number of morpholine rings is 1. The van der Waals surface area contributed by atoms with Crippen LogP contribution >= 0.6 is 0 Å². The SMILES string of the molecule is CCC1CN(C2=C(C)C(=O)OC2)C(=O)C2(CCNCC2)O1. The number of piperidine rings is 1. The quantitative estimate of drug-likeness (QED) is 0.755. The van der Waals surface area contributed by atoms with Crippen molar-refractivity contribution in [2.75, 3.05) is 26.2 Å². The van der Waals surface area contributed by atoms with Crippen LogP contribution in [0.3, 0.4) is 0 Å². The monoisotopic (exact) mass is 294 g/mol. The molecule has 2 fully saturated rings. The van der Waals surface area contributed by atoms with Gasteiger partial charge >= 0.3 is 5.97 Å². The first-order valence-electron chi connectivity index (χ1n) is 7.65. The van der Waals surface area contributed by atoms with Gasteiger partial charge in [0.1, 0.15) is 12.2 Å². The smallest absolute Gasteiger partial charge is 0.336 e. The minimum atomic E-state index is -0.733. The Morgan fingerprint density at radius 1 is 1.33 bits per heavy atom. The molecule has 0 aliphatic carbocycles. The Bertz CT molecular complexity index is 494. The highest BCUT2D eigenvalue weighted by molar-refractivity contribution is 5.94. The molecule has 1 atom stereocenters. The summed E-state index contributed by atoms with van der Waals surface area (Å²) in [6.07, 6.45) is 2.22. The van der Waals surface area contributed by atoms with E-state index >= 15 is 0 Å². The molecule has 0 aromatic carbocycles. The van der Waals surface area contributed by atoms with Crippen molar-refractivity contribution in [1.29, 1.82) is 0 Å². The molecule has 6 nitrogen and oxygen atoms in total. The molecule has 21 heavy (non-hydrogen) atoms. The highest BCUT2D eigenvalue weighted by Gasteiger charge is 2.50. The van der Waals surface area contributed by atoms with E-state index < -0.39 is 5.60 Å². The van der Waals surface area contributed by atoms with E-state index in [0.29, 0.717) is 30.7 Å². The van der Waals surface area contributed by atoms with E-state index in [0.717, 1.165) is 19.5 Å². The third kappa shape index (κ3) is 2.36. The number of hydrogen-bond donors (Lipinski definition) is 1. The van der Waals surface area contributed by atoms with Crippen molar-refractivity contribution in [3.8, 4) is 0 Å². The maximum Gasteiger partial charge on any atom is 0.336 e. The number of nitrogens with zero attached hydrogens (tertiary/aromatic N) is 1. The van der Waals surface area contributed by atoms with Crippen molar-refractivity contribution in [3.05, 3.63) is 11.3 Å². The predicted molar refractivity (Wildman–Crippen MR) is 75.4 cm³/mol. The van der Waals surface area contributed by atoms with Crippen LogP contribution < -0.4 is 5.32 Å². The van der Waals surface area contributed by atoms with E-state index in [4.69, 9.17) is 9.47 Å². The molecule has 0 aromatic rings. The Balaban J connectivity index is 1.93. The second kappa shape index (κ2) is 5.42. The molecular weight excluding hydrogens is 272 g/mol. The average molecular weight is 294 g/mol. The van der Waals surface area contributed by atoms with Gasteiger partial charge < -0.3 is 19.7 Å². The van der Waals surface area contributed by atoms with Gasteiger partial charge in [-0.15, -0.1) is 0 Å². The normalized spacial score (nSPS) is 29.2. The van der Waals surface area contributed by atoms with E-state index in [1.807, 2.05) is 0 Å². The van der Waals surface area contributed by atoms with Gasteiger partial charge in [0, 0.05) is 0 Å². The van der Waals surface area contributed by atoms with Gasteiger partial charge in [0.05, 0.1) is 23.9 Å². The zero-order valence-electron chi connectivity index (χ0n) is 12.6. The largest absolute Gasteiger partial charge is 0.456 e. The molecule has 1 unspecified atom stereocenters. The number of hydrogen-bond acceptors (Lipinski definition) is 5. The van der Waals surface area contributed by atoms with E-state index in [1.165, 1.54) is 0 Å². The fourth-order valence-corrected chi connectivity index (χ4v) is 3.30. The van der Waals surface area contributed by atoms with Gasteiger partial charge in [-0.25, -0.2) is 4.79 Å². The lowest BCUT2D eigenvalue weighted by Crippen LogP contribution is -2.62. The molecule has 0 saturated carbocycles. The molecule has 1 N–H and O–H groups in total. The van der Waals surface area contributed by atoms with Crippen molar-refractivity contribution < 1.29 is 19.1 Å². The summed E-state index contributed by atoms with van der Waals surface area (Å²) in [5.41, 5.74) is 0.525. The first-order valence-corrected chi connectivity index (χ1v) is 7.65. The van der Waals surface area contributed by atoms with E-state index in [2.05, 4.69) is 12.2 Å². The number of ether oxygens (including phenoxy) is 2. The van der Waals surface area contributed by atoms with Crippen molar-refractivity contribution in [3.63, 3.8) is 0 Å². The van der Waals surface area contributed by atoms with Crippen LogP contribution in [-0.4, -0.2) is 54.7 Å². The molecule has 0 bridgehead atoms. The average Bonchev–Trinajstić information content (AvgIpc) is 2.83. The van der Waals surface area contributed by atoms with E-state index in [1.54, 1.807) is 11.8 Å². The van der Waals surface area contributed by atoms with Crippen LogP contribution in [0.4, 0.5) is 0 Å². The molecule has 1 amide bonds. The van der Waals surface area contributed by atoms with Gasteiger partial charge in [-0.3, -0.25) is 4.79 Å². The molecule has 3 aliphatic heterocycles. The van der Waals surface area contributed by atoms with Crippen LogP contribution in [0.5, 0.6) is 0 Å². The van der Waals surface area contributed by atoms with Crippen LogP contribution in [0.1, 0.15) is 33.1 Å². The van der Waals surface area contributed by atoms with Crippen molar-refractivity contribution in [2.24, 2.45) is 0 Å². The Hall–Kier alpha value is -1.40. The molecule has 1 spiro atoms. The minimum Gasteiger partial charge on any atom is -0.456 e. The topological polar surface area (TPSA) is 67.9 Å². The molecule has 3 heterocycles. The molecular formula is C15H22N2O4. The molecule has 116 valence electrons. The summed E-state index contributed by atoms with van der Waals surface area (Å²) in [5.74, 6) is -0.335. The second-order valence-corrected chi connectivity index (χ2v) is 5.96. The summed E-state index contributed by atoms with van der Waals surface area (Å²) in [7, 11) is 0. The number of carbonyl (C=O) groups is 2. The summed E-state index contributed by atoms with van der Waals surface area (Å²) >= 11 is 0. The number of amides is 1. The maximum absolute atomic E-state index is 13.0. The Morgan fingerprint density at radius 2 is 2.05 bits per heavy atom. The van der Waals surface area contributed by atoms with Gasteiger partial charge in [-0.2, -0.15) is 0 Å². The predicted octanol–water partition coefficient (Wildman–Crippen LogP) is 0.577. The molecule has 0 aromatic heterocycles. The molecule has 2 saturated heterocycles. The second-order valence-electron chi connectivity index (χ2n) is 5.96. The van der Waals surface area contributed by atoms with Crippen molar-refractivity contribution >= 4 is 11.9 Å². The summed E-state index contributed by atoms with van der Waals surface area (Å²) in [4.78, 5) is 26.3. The number of cyclic esters (lactones) is 1. The zero-order valence-corrected chi connectivity index (χ0v) is 12.6. The lowest BCUT2D eigenvalue weighted by atomic mass is 9.88. The fourth-order valence-electron chi connectivity index (χ4n) is 3.30. The summed E-state index contributed by atoms with van der Waals surface area (Å²) in [6, 6.07) is 0. The summed E-state index contributed by atoms with van der Waals surface area (Å²) in [6.45, 7) is 6.05. The summed E-state index contributed by atoms with van der Waals surface area (Å²) in [5, 5.41) is 3.27. The Morgan fingerprint density at radius 3 is 2.62 bits per heavy atom. The Kier molecular flexibility index (Phi) is 3.75. The number of rotatable bonds is 2. The van der Waals surface area contributed by atoms with Gasteiger partial charge in [-0.05, 0) is 39.3 Å². The lowest BCUT2D eigenvalue weighted by molar-refractivity contribution is -0.189.